The zero-order valence-electron chi connectivity index (χ0n) is 16.1. The SMILES string of the molecule is CCNC(=NCC1CN(C)CCN1C)NCCOc1ccc(C)cc1. The van der Waals surface area contributed by atoms with Crippen molar-refractivity contribution in [2.24, 2.45) is 4.99 Å². The number of benzene rings is 1. The molecule has 1 fully saturated rings. The third-order valence-corrected chi connectivity index (χ3v) is 4.47. The summed E-state index contributed by atoms with van der Waals surface area (Å²) in [6.07, 6.45) is 0. The maximum atomic E-state index is 5.75. The average molecular weight is 348 g/mol. The summed E-state index contributed by atoms with van der Waals surface area (Å²) >= 11 is 0. The van der Waals surface area contributed by atoms with Crippen molar-refractivity contribution < 1.29 is 4.74 Å². The zero-order chi connectivity index (χ0) is 18.1. The summed E-state index contributed by atoms with van der Waals surface area (Å²) in [6, 6.07) is 8.60. The second-order valence-electron chi connectivity index (χ2n) is 6.70. The Bertz CT molecular complexity index is 531. The van der Waals surface area contributed by atoms with Crippen molar-refractivity contribution in [2.75, 3.05) is 60.0 Å². The number of hydrogen-bond acceptors (Lipinski definition) is 4. The molecule has 1 saturated heterocycles. The molecule has 2 N–H and O–H groups in total. The Hall–Kier alpha value is -1.79. The van der Waals surface area contributed by atoms with E-state index in [1.165, 1.54) is 5.56 Å². The summed E-state index contributed by atoms with van der Waals surface area (Å²) in [5, 5.41) is 6.66. The molecule has 0 saturated carbocycles. The Morgan fingerprint density at radius 1 is 1.20 bits per heavy atom. The average Bonchev–Trinajstić information content (AvgIpc) is 2.60. The number of nitrogens with zero attached hydrogens (tertiary/aromatic N) is 3. The summed E-state index contributed by atoms with van der Waals surface area (Å²) in [5.41, 5.74) is 1.24. The number of aryl methyl sites for hydroxylation is 1. The largest absolute Gasteiger partial charge is 0.492 e. The Morgan fingerprint density at radius 2 is 1.96 bits per heavy atom. The zero-order valence-corrected chi connectivity index (χ0v) is 16.1. The Labute approximate surface area is 152 Å². The molecule has 140 valence electrons. The molecule has 25 heavy (non-hydrogen) atoms. The van der Waals surface area contributed by atoms with Crippen molar-refractivity contribution in [3.8, 4) is 5.75 Å². The smallest absolute Gasteiger partial charge is 0.191 e. The first-order valence-electron chi connectivity index (χ1n) is 9.19. The van der Waals surface area contributed by atoms with Crippen LogP contribution in [0.1, 0.15) is 12.5 Å². The topological polar surface area (TPSA) is 52.1 Å². The molecule has 0 aliphatic carbocycles. The first kappa shape index (κ1) is 19.5. The van der Waals surface area contributed by atoms with Gasteiger partial charge in [0.25, 0.3) is 0 Å². The van der Waals surface area contributed by atoms with Crippen LogP contribution >= 0.6 is 0 Å². The molecule has 0 bridgehead atoms. The van der Waals surface area contributed by atoms with E-state index >= 15 is 0 Å². The number of hydrogen-bond donors (Lipinski definition) is 2. The van der Waals surface area contributed by atoms with E-state index in [1.807, 2.05) is 12.1 Å². The van der Waals surface area contributed by atoms with E-state index in [4.69, 9.17) is 9.73 Å². The molecule has 1 unspecified atom stereocenters. The number of aliphatic imine (C=N–C) groups is 1. The first-order chi connectivity index (χ1) is 12.1. The molecule has 1 atom stereocenters. The molecule has 1 aliphatic heterocycles. The summed E-state index contributed by atoms with van der Waals surface area (Å²) < 4.78 is 5.75. The molecule has 0 radical (unpaired) electrons. The normalized spacial score (nSPS) is 19.7. The van der Waals surface area contributed by atoms with E-state index in [9.17, 15) is 0 Å². The molecule has 2 rings (SSSR count). The highest BCUT2D eigenvalue weighted by molar-refractivity contribution is 5.79. The summed E-state index contributed by atoms with van der Waals surface area (Å²) in [7, 11) is 4.36. The molecule has 1 heterocycles. The van der Waals surface area contributed by atoms with Gasteiger partial charge in [0.1, 0.15) is 12.4 Å². The molecule has 0 aromatic heterocycles. The number of guanidine groups is 1. The van der Waals surface area contributed by atoms with Crippen LogP contribution in [-0.2, 0) is 0 Å². The second kappa shape index (κ2) is 10.3. The van der Waals surface area contributed by atoms with Crippen molar-refractivity contribution in [1.82, 2.24) is 20.4 Å². The van der Waals surface area contributed by atoms with E-state index in [0.717, 1.165) is 51.0 Å². The lowest BCUT2D eigenvalue weighted by Gasteiger charge is -2.36. The highest BCUT2D eigenvalue weighted by Crippen LogP contribution is 2.10. The number of piperazine rings is 1. The fourth-order valence-electron chi connectivity index (χ4n) is 2.81. The minimum absolute atomic E-state index is 0.470. The minimum atomic E-state index is 0.470. The van der Waals surface area contributed by atoms with Gasteiger partial charge in [0, 0.05) is 32.2 Å². The Balaban J connectivity index is 1.76. The lowest BCUT2D eigenvalue weighted by Crippen LogP contribution is -2.51. The fourth-order valence-corrected chi connectivity index (χ4v) is 2.81. The van der Waals surface area contributed by atoms with Gasteiger partial charge in [-0.3, -0.25) is 9.89 Å². The highest BCUT2D eigenvalue weighted by Gasteiger charge is 2.21. The van der Waals surface area contributed by atoms with Gasteiger partial charge in [-0.15, -0.1) is 0 Å². The molecule has 1 aromatic carbocycles. The molecule has 0 spiro atoms. The van der Waals surface area contributed by atoms with E-state index in [0.29, 0.717) is 12.6 Å². The third-order valence-electron chi connectivity index (χ3n) is 4.47. The van der Waals surface area contributed by atoms with Crippen molar-refractivity contribution in [1.29, 1.82) is 0 Å². The fraction of sp³-hybridized carbons (Fsp3) is 0.632. The lowest BCUT2D eigenvalue weighted by atomic mass is 10.2. The van der Waals surface area contributed by atoms with Crippen LogP contribution in [0.3, 0.4) is 0 Å². The van der Waals surface area contributed by atoms with E-state index < -0.39 is 0 Å². The van der Waals surface area contributed by atoms with Crippen LogP contribution in [-0.4, -0.2) is 81.8 Å². The van der Waals surface area contributed by atoms with Crippen LogP contribution in [0.4, 0.5) is 0 Å². The van der Waals surface area contributed by atoms with Crippen LogP contribution in [0.15, 0.2) is 29.3 Å². The van der Waals surface area contributed by atoms with Gasteiger partial charge in [-0.05, 0) is 40.1 Å². The van der Waals surface area contributed by atoms with Gasteiger partial charge >= 0.3 is 0 Å². The summed E-state index contributed by atoms with van der Waals surface area (Å²) in [4.78, 5) is 9.52. The maximum absolute atomic E-state index is 5.75. The third kappa shape index (κ3) is 6.92. The number of ether oxygens (including phenoxy) is 1. The number of likely N-dealkylation sites (N-methyl/N-ethyl adjacent to an activating group) is 2. The van der Waals surface area contributed by atoms with Crippen LogP contribution < -0.4 is 15.4 Å². The molecule has 6 heteroatoms. The highest BCUT2D eigenvalue weighted by atomic mass is 16.5. The maximum Gasteiger partial charge on any atom is 0.191 e. The van der Waals surface area contributed by atoms with Crippen LogP contribution in [0, 0.1) is 6.92 Å². The minimum Gasteiger partial charge on any atom is -0.492 e. The predicted molar refractivity (Wildman–Crippen MR) is 105 cm³/mol. The van der Waals surface area contributed by atoms with Crippen LogP contribution in [0.2, 0.25) is 0 Å². The van der Waals surface area contributed by atoms with E-state index in [1.54, 1.807) is 0 Å². The summed E-state index contributed by atoms with van der Waals surface area (Å²) in [6.45, 7) is 10.4. The van der Waals surface area contributed by atoms with Crippen molar-refractivity contribution in [3.63, 3.8) is 0 Å². The lowest BCUT2D eigenvalue weighted by molar-refractivity contribution is 0.119. The standard InChI is InChI=1S/C19H33N5O/c1-5-20-19(22-14-17-15-23(3)11-12-24(17)4)21-10-13-25-18-8-6-16(2)7-9-18/h6-9,17H,5,10-15H2,1-4H3,(H2,20,21,22). The second-order valence-corrected chi connectivity index (χ2v) is 6.70. The van der Waals surface area contributed by atoms with E-state index in [-0.39, 0.29) is 0 Å². The van der Waals surface area contributed by atoms with Gasteiger partial charge in [-0.2, -0.15) is 0 Å². The van der Waals surface area contributed by atoms with Gasteiger partial charge in [0.15, 0.2) is 5.96 Å². The Morgan fingerprint density at radius 3 is 2.68 bits per heavy atom. The number of rotatable bonds is 7. The van der Waals surface area contributed by atoms with Crippen LogP contribution in [0.5, 0.6) is 5.75 Å². The monoisotopic (exact) mass is 347 g/mol. The van der Waals surface area contributed by atoms with Crippen molar-refractivity contribution in [3.05, 3.63) is 29.8 Å². The number of nitrogens with one attached hydrogen (secondary N) is 2. The van der Waals surface area contributed by atoms with Gasteiger partial charge in [0.2, 0.25) is 0 Å². The molecule has 1 aromatic rings. The van der Waals surface area contributed by atoms with Crippen LogP contribution in [0.25, 0.3) is 0 Å². The first-order valence-corrected chi connectivity index (χ1v) is 9.19. The molecular formula is C19H33N5O. The predicted octanol–water partition coefficient (Wildman–Crippen LogP) is 1.17. The molecular weight excluding hydrogens is 314 g/mol. The van der Waals surface area contributed by atoms with Gasteiger partial charge in [0.05, 0.1) is 13.1 Å². The molecule has 6 nitrogen and oxygen atoms in total. The molecule has 1 aliphatic rings. The van der Waals surface area contributed by atoms with Crippen molar-refractivity contribution in [2.45, 2.75) is 19.9 Å². The van der Waals surface area contributed by atoms with E-state index in [2.05, 4.69) is 60.5 Å². The molecule has 0 amide bonds. The quantitative estimate of drug-likeness (QED) is 0.441. The van der Waals surface area contributed by atoms with Gasteiger partial charge in [-0.25, -0.2) is 0 Å². The van der Waals surface area contributed by atoms with Crippen molar-refractivity contribution >= 4 is 5.96 Å². The van der Waals surface area contributed by atoms with Gasteiger partial charge < -0.3 is 20.3 Å². The van der Waals surface area contributed by atoms with Gasteiger partial charge in [-0.1, -0.05) is 17.7 Å². The Kier molecular flexibility index (Phi) is 8.01. The summed E-state index contributed by atoms with van der Waals surface area (Å²) in [5.74, 6) is 1.76.